The van der Waals surface area contributed by atoms with Crippen LogP contribution in [0.5, 0.6) is 0 Å². The Morgan fingerprint density at radius 3 is 2.83 bits per heavy atom. The van der Waals surface area contributed by atoms with Crippen LogP contribution < -0.4 is 5.32 Å². The van der Waals surface area contributed by atoms with Crippen molar-refractivity contribution in [1.82, 2.24) is 25.4 Å². The smallest absolute Gasteiger partial charge is 0.251 e. The average Bonchev–Trinajstić information content (AvgIpc) is 3.48. The number of piperidine rings is 1. The fourth-order valence-corrected chi connectivity index (χ4v) is 4.47. The molecule has 29 heavy (non-hydrogen) atoms. The van der Waals surface area contributed by atoms with Crippen molar-refractivity contribution < 1.29 is 9.21 Å². The van der Waals surface area contributed by atoms with Crippen LogP contribution in [0, 0.1) is 0 Å². The molecule has 1 aliphatic heterocycles. The van der Waals surface area contributed by atoms with Crippen molar-refractivity contribution in [2.45, 2.75) is 36.2 Å². The van der Waals surface area contributed by atoms with Gasteiger partial charge < -0.3 is 9.73 Å². The molecule has 1 atom stereocenters. The van der Waals surface area contributed by atoms with E-state index >= 15 is 0 Å². The normalized spacial score (nSPS) is 15.9. The first-order valence-electron chi connectivity index (χ1n) is 9.93. The second kappa shape index (κ2) is 9.76. The number of carbonyl (C=O) groups excluding carboxylic acids is 1. The lowest BCUT2D eigenvalue weighted by Crippen LogP contribution is -2.40. The van der Waals surface area contributed by atoms with E-state index in [0.717, 1.165) is 29.6 Å². The first kappa shape index (κ1) is 19.7. The third-order valence-electron chi connectivity index (χ3n) is 5.18. The van der Waals surface area contributed by atoms with Gasteiger partial charge in [0.1, 0.15) is 12.1 Å². The van der Waals surface area contributed by atoms with Gasteiger partial charge in [0, 0.05) is 17.9 Å². The molecule has 1 aromatic carbocycles. The topological polar surface area (TPSA) is 87.1 Å². The maximum atomic E-state index is 13.0. The Bertz CT molecular complexity index is 892. The highest BCUT2D eigenvalue weighted by molar-refractivity contribution is 7.98. The number of carbonyl (C=O) groups is 1. The van der Waals surface area contributed by atoms with E-state index in [1.807, 2.05) is 36.4 Å². The number of aromatic amines is 1. The molecule has 2 N–H and O–H groups in total. The first-order valence-corrected chi connectivity index (χ1v) is 10.9. The van der Waals surface area contributed by atoms with E-state index in [4.69, 9.17) is 4.42 Å². The Kier molecular flexibility index (Phi) is 6.63. The third-order valence-corrected chi connectivity index (χ3v) is 6.10. The summed E-state index contributed by atoms with van der Waals surface area (Å²) in [6.45, 7) is 2.59. The zero-order valence-corrected chi connectivity index (χ0v) is 17.0. The molecule has 0 saturated carbocycles. The Morgan fingerprint density at radius 1 is 1.21 bits per heavy atom. The monoisotopic (exact) mass is 411 g/mol. The van der Waals surface area contributed by atoms with Gasteiger partial charge >= 0.3 is 0 Å². The van der Waals surface area contributed by atoms with Crippen LogP contribution in [0.2, 0.25) is 0 Å². The number of benzene rings is 1. The molecular formula is C21H25N5O2S. The number of rotatable bonds is 8. The Labute approximate surface area is 174 Å². The van der Waals surface area contributed by atoms with Gasteiger partial charge in [-0.25, -0.2) is 4.98 Å². The first-order chi connectivity index (χ1) is 14.3. The summed E-state index contributed by atoms with van der Waals surface area (Å²) in [6.07, 6.45) is 6.82. The number of hydrogen-bond donors (Lipinski definition) is 2. The van der Waals surface area contributed by atoms with Crippen molar-refractivity contribution in [3.8, 4) is 0 Å². The molecule has 8 heteroatoms. The van der Waals surface area contributed by atoms with Crippen molar-refractivity contribution in [1.29, 1.82) is 0 Å². The van der Waals surface area contributed by atoms with Gasteiger partial charge in [0.05, 0.1) is 12.3 Å². The largest absolute Gasteiger partial charge is 0.468 e. The van der Waals surface area contributed by atoms with Crippen LogP contribution in [0.4, 0.5) is 0 Å². The molecule has 0 bridgehead atoms. The molecule has 4 rings (SSSR count). The number of hydrogen-bond acceptors (Lipinski definition) is 6. The fraction of sp³-hybridized carbons (Fsp3) is 0.381. The predicted octanol–water partition coefficient (Wildman–Crippen LogP) is 3.65. The Hall–Kier alpha value is -2.58. The van der Waals surface area contributed by atoms with E-state index in [2.05, 4.69) is 25.4 Å². The van der Waals surface area contributed by atoms with E-state index in [1.54, 1.807) is 6.26 Å². The highest BCUT2D eigenvalue weighted by Gasteiger charge is 2.25. The average molecular weight is 412 g/mol. The van der Waals surface area contributed by atoms with E-state index in [9.17, 15) is 4.79 Å². The van der Waals surface area contributed by atoms with Crippen LogP contribution in [-0.4, -0.2) is 45.6 Å². The lowest BCUT2D eigenvalue weighted by molar-refractivity contribution is 0.0913. The number of likely N-dealkylation sites (tertiary alicyclic amines) is 1. The number of amides is 1. The van der Waals surface area contributed by atoms with Crippen molar-refractivity contribution in [3.05, 3.63) is 65.9 Å². The summed E-state index contributed by atoms with van der Waals surface area (Å²) >= 11 is 1.52. The molecule has 1 unspecified atom stereocenters. The maximum absolute atomic E-state index is 13.0. The molecule has 0 aliphatic carbocycles. The Morgan fingerprint density at radius 2 is 2.07 bits per heavy atom. The number of H-pyrrole nitrogens is 1. The molecule has 7 nitrogen and oxygen atoms in total. The fourth-order valence-electron chi connectivity index (χ4n) is 3.68. The standard InChI is InChI=1S/C21H25N5O2S/c27-20(17-8-3-2-7-16(17)14-29-21-23-15-24-25-21)22-13-18(19-9-6-12-28-19)26-10-4-1-5-11-26/h2-3,6-9,12,15,18H,1,4-5,10-11,13-14H2,(H,22,27)(H,23,24,25). The zero-order chi connectivity index (χ0) is 19.9. The SMILES string of the molecule is O=C(NCC(c1ccco1)N1CCCCC1)c1ccccc1CSc1ncn[nH]1. The number of aromatic nitrogens is 3. The van der Waals surface area contributed by atoms with Gasteiger partial charge in [-0.05, 0) is 49.7 Å². The van der Waals surface area contributed by atoms with E-state index in [0.29, 0.717) is 17.9 Å². The van der Waals surface area contributed by atoms with Crippen molar-refractivity contribution in [3.63, 3.8) is 0 Å². The summed E-state index contributed by atoms with van der Waals surface area (Å²) in [6, 6.07) is 11.7. The van der Waals surface area contributed by atoms with Gasteiger partial charge in [-0.3, -0.25) is 14.8 Å². The lowest BCUT2D eigenvalue weighted by atomic mass is 10.1. The molecule has 1 amide bonds. The summed E-state index contributed by atoms with van der Waals surface area (Å²) in [5, 5.41) is 10.6. The molecule has 1 aliphatic rings. The Balaban J connectivity index is 1.42. The van der Waals surface area contributed by atoms with Crippen molar-refractivity contribution in [2.24, 2.45) is 0 Å². The maximum Gasteiger partial charge on any atom is 0.251 e. The number of nitrogens with one attached hydrogen (secondary N) is 2. The van der Waals surface area contributed by atoms with Gasteiger partial charge in [-0.2, -0.15) is 5.10 Å². The van der Waals surface area contributed by atoms with Crippen LogP contribution >= 0.6 is 11.8 Å². The van der Waals surface area contributed by atoms with Crippen LogP contribution in [0.1, 0.15) is 47.0 Å². The van der Waals surface area contributed by atoms with Crippen LogP contribution in [0.25, 0.3) is 0 Å². The van der Waals surface area contributed by atoms with Crippen LogP contribution in [0.15, 0.2) is 58.6 Å². The molecule has 0 radical (unpaired) electrons. The van der Waals surface area contributed by atoms with E-state index < -0.39 is 0 Å². The summed E-state index contributed by atoms with van der Waals surface area (Å²) < 4.78 is 5.68. The van der Waals surface area contributed by atoms with E-state index in [-0.39, 0.29) is 11.9 Å². The quantitative estimate of drug-likeness (QED) is 0.550. The molecule has 3 heterocycles. The van der Waals surface area contributed by atoms with Gasteiger partial charge in [-0.15, -0.1) is 0 Å². The van der Waals surface area contributed by atoms with Crippen LogP contribution in [-0.2, 0) is 5.75 Å². The minimum atomic E-state index is -0.0627. The molecule has 1 saturated heterocycles. The zero-order valence-electron chi connectivity index (χ0n) is 16.2. The minimum absolute atomic E-state index is 0.0602. The second-order valence-electron chi connectivity index (χ2n) is 7.07. The second-order valence-corrected chi connectivity index (χ2v) is 8.04. The molecule has 0 spiro atoms. The molecule has 1 fully saturated rings. The lowest BCUT2D eigenvalue weighted by Gasteiger charge is -2.33. The minimum Gasteiger partial charge on any atom is -0.468 e. The third kappa shape index (κ3) is 5.07. The predicted molar refractivity (Wildman–Crippen MR) is 112 cm³/mol. The molecular weight excluding hydrogens is 386 g/mol. The van der Waals surface area contributed by atoms with Gasteiger partial charge in [-0.1, -0.05) is 36.4 Å². The van der Waals surface area contributed by atoms with Gasteiger partial charge in [0.15, 0.2) is 5.16 Å². The summed E-state index contributed by atoms with van der Waals surface area (Å²) in [4.78, 5) is 19.5. The van der Waals surface area contributed by atoms with Gasteiger partial charge in [0.25, 0.3) is 5.91 Å². The highest BCUT2D eigenvalue weighted by Crippen LogP contribution is 2.25. The molecule has 152 valence electrons. The summed E-state index contributed by atoms with van der Waals surface area (Å²) in [5.74, 6) is 1.49. The summed E-state index contributed by atoms with van der Waals surface area (Å²) in [7, 11) is 0. The number of thioether (sulfide) groups is 1. The van der Waals surface area contributed by atoms with Crippen molar-refractivity contribution in [2.75, 3.05) is 19.6 Å². The highest BCUT2D eigenvalue weighted by atomic mass is 32.2. The molecule has 2 aromatic heterocycles. The number of furan rings is 1. The molecule has 3 aromatic rings. The van der Waals surface area contributed by atoms with Gasteiger partial charge in [0.2, 0.25) is 0 Å². The van der Waals surface area contributed by atoms with E-state index in [1.165, 1.54) is 37.4 Å². The van der Waals surface area contributed by atoms with Crippen molar-refractivity contribution >= 4 is 17.7 Å². The van der Waals surface area contributed by atoms with Crippen LogP contribution in [0.3, 0.4) is 0 Å². The number of nitrogens with zero attached hydrogens (tertiary/aromatic N) is 3. The summed E-state index contributed by atoms with van der Waals surface area (Å²) in [5.41, 5.74) is 1.66.